The minimum absolute atomic E-state index is 0.201. The summed E-state index contributed by atoms with van der Waals surface area (Å²) in [5, 5.41) is 8.86. The molecule has 0 saturated heterocycles. The van der Waals surface area contributed by atoms with Gasteiger partial charge in [-0.2, -0.15) is 5.10 Å². The van der Waals surface area contributed by atoms with Crippen LogP contribution in [0.1, 0.15) is 16.8 Å². The summed E-state index contributed by atoms with van der Waals surface area (Å²) in [7, 11) is 0. The summed E-state index contributed by atoms with van der Waals surface area (Å²) in [6, 6.07) is 12.5. The van der Waals surface area contributed by atoms with Crippen molar-refractivity contribution in [3.05, 3.63) is 74.5 Å². The molecule has 0 fully saturated rings. The molecule has 7 heteroatoms. The fraction of sp³-hybridized carbons (Fsp3) is 0.0526. The standard InChI is InChI=1S/C19H12Cl3N3O/c1-10-15(18(22)25(24-10)13-4-2-3-11(20)7-13)9-16-14-6-5-12(21)8-17(14)23-19(16)26/h2-9H,1H3,(H,23,26)/b16-9-. The summed E-state index contributed by atoms with van der Waals surface area (Å²) >= 11 is 18.6. The number of fused-ring (bicyclic) bond motifs is 1. The average molecular weight is 405 g/mol. The number of anilines is 1. The number of carbonyl (C=O) groups is 1. The van der Waals surface area contributed by atoms with E-state index in [1.165, 1.54) is 0 Å². The fourth-order valence-electron chi connectivity index (χ4n) is 2.91. The van der Waals surface area contributed by atoms with Crippen molar-refractivity contribution in [2.24, 2.45) is 0 Å². The van der Waals surface area contributed by atoms with E-state index in [1.54, 1.807) is 35.0 Å². The topological polar surface area (TPSA) is 46.9 Å². The highest BCUT2D eigenvalue weighted by Crippen LogP contribution is 2.36. The highest BCUT2D eigenvalue weighted by Gasteiger charge is 2.25. The SMILES string of the molecule is Cc1nn(-c2cccc(Cl)c2)c(Cl)c1/C=C1\C(=O)Nc2cc(Cl)ccc21. The van der Waals surface area contributed by atoms with Crippen LogP contribution in [0.3, 0.4) is 0 Å². The largest absolute Gasteiger partial charge is 0.321 e. The monoisotopic (exact) mass is 403 g/mol. The maximum atomic E-state index is 12.4. The first-order valence-corrected chi connectivity index (χ1v) is 8.91. The molecular weight excluding hydrogens is 393 g/mol. The molecule has 2 aromatic carbocycles. The first-order valence-electron chi connectivity index (χ1n) is 7.78. The number of aromatic nitrogens is 2. The predicted molar refractivity (Wildman–Crippen MR) is 106 cm³/mol. The Bertz CT molecular complexity index is 1090. The molecule has 0 spiro atoms. The first kappa shape index (κ1) is 17.2. The Hall–Kier alpha value is -2.27. The van der Waals surface area contributed by atoms with E-state index in [0.717, 1.165) is 11.3 Å². The van der Waals surface area contributed by atoms with Crippen molar-refractivity contribution < 1.29 is 4.79 Å². The van der Waals surface area contributed by atoms with Crippen molar-refractivity contribution in [3.8, 4) is 5.69 Å². The molecule has 2 heterocycles. The third-order valence-electron chi connectivity index (χ3n) is 4.15. The molecule has 1 aliphatic heterocycles. The number of benzene rings is 2. The Balaban J connectivity index is 1.83. The van der Waals surface area contributed by atoms with Gasteiger partial charge in [-0.15, -0.1) is 0 Å². The quantitative estimate of drug-likeness (QED) is 0.562. The summed E-state index contributed by atoms with van der Waals surface area (Å²) in [6.45, 7) is 1.84. The van der Waals surface area contributed by atoms with Gasteiger partial charge in [-0.25, -0.2) is 4.68 Å². The van der Waals surface area contributed by atoms with Crippen LogP contribution in [0, 0.1) is 6.92 Å². The highest BCUT2D eigenvalue weighted by atomic mass is 35.5. The van der Waals surface area contributed by atoms with E-state index in [-0.39, 0.29) is 5.91 Å². The summed E-state index contributed by atoms with van der Waals surface area (Å²) in [4.78, 5) is 12.4. The van der Waals surface area contributed by atoms with Crippen LogP contribution in [-0.4, -0.2) is 15.7 Å². The lowest BCUT2D eigenvalue weighted by Gasteiger charge is -2.03. The van der Waals surface area contributed by atoms with Crippen LogP contribution in [0.5, 0.6) is 0 Å². The van der Waals surface area contributed by atoms with Crippen LogP contribution in [0.2, 0.25) is 15.2 Å². The summed E-state index contributed by atoms with van der Waals surface area (Å²) in [6.07, 6.45) is 1.75. The number of aryl methyl sites for hydroxylation is 1. The van der Waals surface area contributed by atoms with E-state index in [4.69, 9.17) is 34.8 Å². The first-order chi connectivity index (χ1) is 12.4. The summed E-state index contributed by atoms with van der Waals surface area (Å²) in [5.74, 6) is -0.201. The van der Waals surface area contributed by atoms with Gasteiger partial charge in [-0.1, -0.05) is 46.9 Å². The molecule has 4 nitrogen and oxygen atoms in total. The average Bonchev–Trinajstić information content (AvgIpc) is 3.05. The molecule has 130 valence electrons. The molecule has 0 unspecified atom stereocenters. The van der Waals surface area contributed by atoms with Gasteiger partial charge in [0, 0.05) is 26.7 Å². The van der Waals surface area contributed by atoms with Gasteiger partial charge >= 0.3 is 0 Å². The zero-order valence-corrected chi connectivity index (χ0v) is 15.8. The summed E-state index contributed by atoms with van der Waals surface area (Å²) in [5.41, 5.74) is 4.12. The Morgan fingerprint density at radius 3 is 2.62 bits per heavy atom. The second-order valence-corrected chi connectivity index (χ2v) is 7.11. The zero-order valence-electron chi connectivity index (χ0n) is 13.6. The van der Waals surface area contributed by atoms with Crippen molar-refractivity contribution >= 4 is 58.0 Å². The van der Waals surface area contributed by atoms with Gasteiger partial charge in [-0.3, -0.25) is 4.79 Å². The zero-order chi connectivity index (χ0) is 18.4. The van der Waals surface area contributed by atoms with Crippen LogP contribution in [-0.2, 0) is 4.79 Å². The van der Waals surface area contributed by atoms with Crippen LogP contribution in [0.4, 0.5) is 5.69 Å². The molecule has 0 bridgehead atoms. The van der Waals surface area contributed by atoms with Gasteiger partial charge in [0.15, 0.2) is 0 Å². The van der Waals surface area contributed by atoms with Crippen LogP contribution >= 0.6 is 34.8 Å². The molecule has 1 amide bonds. The molecule has 0 radical (unpaired) electrons. The Morgan fingerprint density at radius 2 is 1.85 bits per heavy atom. The number of nitrogens with one attached hydrogen (secondary N) is 1. The maximum absolute atomic E-state index is 12.4. The molecule has 0 atom stereocenters. The molecule has 1 N–H and O–H groups in total. The van der Waals surface area contributed by atoms with Crippen LogP contribution in [0.15, 0.2) is 42.5 Å². The van der Waals surface area contributed by atoms with Gasteiger partial charge in [0.2, 0.25) is 0 Å². The van der Waals surface area contributed by atoms with E-state index < -0.39 is 0 Å². The van der Waals surface area contributed by atoms with E-state index >= 15 is 0 Å². The Morgan fingerprint density at radius 1 is 1.08 bits per heavy atom. The van der Waals surface area contributed by atoms with E-state index in [9.17, 15) is 4.79 Å². The predicted octanol–water partition coefficient (Wildman–Crippen LogP) is 5.63. The maximum Gasteiger partial charge on any atom is 0.256 e. The van der Waals surface area contributed by atoms with Gasteiger partial charge in [0.1, 0.15) is 5.15 Å². The van der Waals surface area contributed by atoms with Crippen molar-refractivity contribution in [2.75, 3.05) is 5.32 Å². The Kier molecular flexibility index (Phi) is 4.27. The molecule has 0 saturated carbocycles. The molecule has 0 aliphatic carbocycles. The van der Waals surface area contributed by atoms with Crippen molar-refractivity contribution in [1.29, 1.82) is 0 Å². The number of amides is 1. The van der Waals surface area contributed by atoms with Crippen molar-refractivity contribution in [2.45, 2.75) is 6.92 Å². The molecule has 3 aromatic rings. The number of hydrogen-bond acceptors (Lipinski definition) is 2. The number of nitrogens with zero attached hydrogens (tertiary/aromatic N) is 2. The minimum atomic E-state index is -0.201. The summed E-state index contributed by atoms with van der Waals surface area (Å²) < 4.78 is 1.60. The van der Waals surface area contributed by atoms with Gasteiger partial charge in [-0.05, 0) is 43.3 Å². The van der Waals surface area contributed by atoms with Crippen molar-refractivity contribution in [1.82, 2.24) is 9.78 Å². The molecular formula is C19H12Cl3N3O. The lowest BCUT2D eigenvalue weighted by Crippen LogP contribution is -2.03. The molecule has 1 aromatic heterocycles. The number of halogens is 3. The van der Waals surface area contributed by atoms with Gasteiger partial charge in [0.05, 0.1) is 17.1 Å². The fourth-order valence-corrected chi connectivity index (χ4v) is 3.59. The van der Waals surface area contributed by atoms with Crippen LogP contribution in [0.25, 0.3) is 17.3 Å². The van der Waals surface area contributed by atoms with E-state index in [0.29, 0.717) is 37.7 Å². The van der Waals surface area contributed by atoms with E-state index in [2.05, 4.69) is 10.4 Å². The van der Waals surface area contributed by atoms with E-state index in [1.807, 2.05) is 25.1 Å². The normalized spacial score (nSPS) is 14.6. The second kappa shape index (κ2) is 6.47. The van der Waals surface area contributed by atoms with Gasteiger partial charge < -0.3 is 5.32 Å². The Labute approximate surface area is 165 Å². The molecule has 26 heavy (non-hydrogen) atoms. The highest BCUT2D eigenvalue weighted by molar-refractivity contribution is 6.38. The lowest BCUT2D eigenvalue weighted by molar-refractivity contribution is -0.110. The third-order valence-corrected chi connectivity index (χ3v) is 4.99. The minimum Gasteiger partial charge on any atom is -0.321 e. The number of hydrogen-bond donors (Lipinski definition) is 1. The van der Waals surface area contributed by atoms with Gasteiger partial charge in [0.25, 0.3) is 5.91 Å². The molecule has 4 rings (SSSR count). The number of carbonyl (C=O) groups excluding carboxylic acids is 1. The number of rotatable bonds is 2. The third kappa shape index (κ3) is 2.90. The smallest absolute Gasteiger partial charge is 0.256 e. The second-order valence-electron chi connectivity index (χ2n) is 5.88. The van der Waals surface area contributed by atoms with Crippen molar-refractivity contribution in [3.63, 3.8) is 0 Å². The van der Waals surface area contributed by atoms with Crippen LogP contribution < -0.4 is 5.32 Å². The molecule has 1 aliphatic rings. The lowest BCUT2D eigenvalue weighted by atomic mass is 10.0.